The van der Waals surface area contributed by atoms with Crippen LogP contribution in [0.15, 0.2) is 30.3 Å². The number of amides is 2. The number of halogens is 2. The molecule has 0 aromatic heterocycles. The van der Waals surface area contributed by atoms with E-state index >= 15 is 4.39 Å². The van der Waals surface area contributed by atoms with Crippen molar-refractivity contribution in [2.75, 3.05) is 31.7 Å². The van der Waals surface area contributed by atoms with Crippen LogP contribution in [0.3, 0.4) is 0 Å². The molecule has 12 heteroatoms. The highest BCUT2D eigenvalue weighted by atomic mass is 35.5. The van der Waals surface area contributed by atoms with E-state index in [9.17, 15) is 19.8 Å². The van der Waals surface area contributed by atoms with Crippen LogP contribution in [-0.4, -0.2) is 73.9 Å². The van der Waals surface area contributed by atoms with Gasteiger partial charge >= 0.3 is 6.09 Å². The Morgan fingerprint density at radius 2 is 1.88 bits per heavy atom. The van der Waals surface area contributed by atoms with Crippen LogP contribution >= 0.6 is 11.6 Å². The summed E-state index contributed by atoms with van der Waals surface area (Å²) >= 11 is 6.45. The molecule has 42 heavy (non-hydrogen) atoms. The maximum atomic E-state index is 15.2. The molecule has 2 N–H and O–H groups in total. The second kappa shape index (κ2) is 12.0. The van der Waals surface area contributed by atoms with Crippen molar-refractivity contribution in [1.82, 2.24) is 4.90 Å². The maximum absolute atomic E-state index is 15.2. The zero-order valence-electron chi connectivity index (χ0n) is 25.0. The van der Waals surface area contributed by atoms with E-state index in [0.717, 1.165) is 5.56 Å². The van der Waals surface area contributed by atoms with E-state index in [4.69, 9.17) is 25.5 Å². The number of rotatable bonds is 8. The maximum Gasteiger partial charge on any atom is 0.407 e. The van der Waals surface area contributed by atoms with Gasteiger partial charge in [0.2, 0.25) is 5.91 Å². The number of fused-ring (bicyclic) bond motifs is 1. The van der Waals surface area contributed by atoms with Crippen LogP contribution in [0, 0.1) is 5.82 Å². The van der Waals surface area contributed by atoms with Gasteiger partial charge in [0.15, 0.2) is 8.32 Å². The van der Waals surface area contributed by atoms with Gasteiger partial charge in [-0.2, -0.15) is 0 Å². The first kappa shape index (κ1) is 32.1. The molecule has 1 fully saturated rings. The Bertz CT molecular complexity index is 1330. The number of carbonyl (C=O) groups excluding carboxylic acids is 1. The molecule has 0 saturated carbocycles. The van der Waals surface area contributed by atoms with Crippen molar-refractivity contribution >= 4 is 37.6 Å². The van der Waals surface area contributed by atoms with Gasteiger partial charge in [0.1, 0.15) is 34.5 Å². The molecule has 2 aromatic rings. The van der Waals surface area contributed by atoms with Gasteiger partial charge in [0.05, 0.1) is 32.0 Å². The highest BCUT2D eigenvalue weighted by molar-refractivity contribution is 6.74. The molecule has 2 aliphatic rings. The van der Waals surface area contributed by atoms with E-state index in [1.165, 1.54) is 15.9 Å². The van der Waals surface area contributed by atoms with Crippen molar-refractivity contribution in [1.29, 1.82) is 0 Å². The molecule has 0 bridgehead atoms. The molecule has 2 aliphatic heterocycles. The molecule has 0 unspecified atom stereocenters. The molecular weight excluding hydrogens is 583 g/mol. The van der Waals surface area contributed by atoms with Gasteiger partial charge in [-0.3, -0.25) is 4.79 Å². The summed E-state index contributed by atoms with van der Waals surface area (Å²) in [6, 6.07) is 8.40. The third kappa shape index (κ3) is 6.54. The van der Waals surface area contributed by atoms with Gasteiger partial charge in [-0.1, -0.05) is 44.5 Å². The van der Waals surface area contributed by atoms with E-state index in [1.807, 2.05) is 25.2 Å². The first-order valence-corrected chi connectivity index (χ1v) is 17.3. The van der Waals surface area contributed by atoms with Crippen LogP contribution < -0.4 is 14.4 Å². The molecular formula is C30H40ClFN2O7Si. The Morgan fingerprint density at radius 1 is 1.21 bits per heavy atom. The Balaban J connectivity index is 1.63. The number of hydrogen-bond acceptors (Lipinski definition) is 6. The summed E-state index contributed by atoms with van der Waals surface area (Å²) in [7, 11) is -0.852. The number of carboxylic acid groups (broad SMARTS) is 1. The predicted molar refractivity (Wildman–Crippen MR) is 161 cm³/mol. The summed E-state index contributed by atoms with van der Waals surface area (Å²) < 4.78 is 33.1. The number of piperidine rings is 1. The number of aliphatic hydroxyl groups is 1. The number of methoxy groups -OCH3 is 1. The fourth-order valence-corrected chi connectivity index (χ4v) is 6.65. The fraction of sp³-hybridized carbons (Fsp3) is 0.533. The number of nitrogens with zero attached hydrogens (tertiary/aromatic N) is 2. The minimum atomic E-state index is -2.42. The molecule has 9 nitrogen and oxygen atoms in total. The van der Waals surface area contributed by atoms with Crippen LogP contribution in [-0.2, 0) is 22.2 Å². The van der Waals surface area contributed by atoms with E-state index in [1.54, 1.807) is 19.2 Å². The Kier molecular flexibility index (Phi) is 9.18. The average molecular weight is 623 g/mol. The van der Waals surface area contributed by atoms with Crippen LogP contribution in [0.1, 0.15) is 44.7 Å². The van der Waals surface area contributed by atoms with Crippen LogP contribution in [0.25, 0.3) is 0 Å². The average Bonchev–Trinajstić information content (AvgIpc) is 2.92. The number of hydrogen-bond donors (Lipinski definition) is 2. The lowest BCUT2D eigenvalue weighted by Gasteiger charge is -2.48. The van der Waals surface area contributed by atoms with Crippen LogP contribution in [0.4, 0.5) is 14.9 Å². The molecule has 2 atom stereocenters. The van der Waals surface area contributed by atoms with Crippen LogP contribution in [0.5, 0.6) is 11.5 Å². The number of likely N-dealkylation sites (tertiary alicyclic amines) is 1. The van der Waals surface area contributed by atoms with Gasteiger partial charge in [-0.05, 0) is 48.7 Å². The zero-order valence-corrected chi connectivity index (χ0v) is 26.8. The first-order chi connectivity index (χ1) is 19.6. The molecule has 230 valence electrons. The van der Waals surface area contributed by atoms with Gasteiger partial charge in [-0.25, -0.2) is 9.18 Å². The molecule has 2 heterocycles. The van der Waals surface area contributed by atoms with Gasteiger partial charge < -0.3 is 33.9 Å². The van der Waals surface area contributed by atoms with Crippen LogP contribution in [0.2, 0.25) is 23.2 Å². The third-order valence-electron chi connectivity index (χ3n) is 8.71. The van der Waals surface area contributed by atoms with Crippen molar-refractivity contribution < 1.29 is 38.1 Å². The van der Waals surface area contributed by atoms with Gasteiger partial charge in [0, 0.05) is 24.6 Å². The largest absolute Gasteiger partial charge is 0.497 e. The molecule has 4 rings (SSSR count). The van der Waals surface area contributed by atoms with E-state index in [-0.39, 0.29) is 72.9 Å². The fourth-order valence-electron chi connectivity index (χ4n) is 5.02. The highest BCUT2D eigenvalue weighted by Gasteiger charge is 2.49. The number of anilines is 1. The summed E-state index contributed by atoms with van der Waals surface area (Å²) in [5.74, 6) is -0.0907. The first-order valence-electron chi connectivity index (χ1n) is 14.0. The molecule has 0 aliphatic carbocycles. The second-order valence-corrected chi connectivity index (χ2v) is 17.7. The standard InChI is InChI=1S/C30H40ClFN2O7Si/c1-29(2,3)42(5,6)41-24-17-33(28(36)37)14-13-30(24,38)18-40-23-15-22(32)26(31)27-21(23)11-12-25(35)34(27)16-19-7-9-20(39-4)10-8-19/h7-10,15,24,38H,11-14,16-18H2,1-6H3,(H,36,37)/t24-,30-/m1/s1. The van der Waals surface area contributed by atoms with Gasteiger partial charge in [-0.15, -0.1) is 0 Å². The minimum Gasteiger partial charge on any atom is -0.497 e. The summed E-state index contributed by atoms with van der Waals surface area (Å²) in [4.78, 5) is 27.5. The summed E-state index contributed by atoms with van der Waals surface area (Å²) in [6.07, 6.45) is -1.38. The molecule has 0 spiro atoms. The quantitative estimate of drug-likeness (QED) is 0.356. The smallest absolute Gasteiger partial charge is 0.407 e. The van der Waals surface area contributed by atoms with Crippen molar-refractivity contribution in [3.05, 3.63) is 52.3 Å². The lowest BCUT2D eigenvalue weighted by atomic mass is 9.89. The predicted octanol–water partition coefficient (Wildman–Crippen LogP) is 5.85. The monoisotopic (exact) mass is 622 g/mol. The lowest BCUT2D eigenvalue weighted by molar-refractivity contribution is -0.126. The topological polar surface area (TPSA) is 109 Å². The zero-order chi connectivity index (χ0) is 31.0. The molecule has 2 aromatic carbocycles. The van der Waals surface area contributed by atoms with Gasteiger partial charge in [0.25, 0.3) is 0 Å². The van der Waals surface area contributed by atoms with Crippen molar-refractivity contribution in [3.63, 3.8) is 0 Å². The van der Waals surface area contributed by atoms with Crippen molar-refractivity contribution in [3.8, 4) is 11.5 Å². The number of benzene rings is 2. The van der Waals surface area contributed by atoms with E-state index in [0.29, 0.717) is 11.3 Å². The summed E-state index contributed by atoms with van der Waals surface area (Å²) in [6.45, 7) is 10.3. The highest BCUT2D eigenvalue weighted by Crippen LogP contribution is 2.44. The Labute approximate surface area is 252 Å². The molecule has 1 saturated heterocycles. The minimum absolute atomic E-state index is 0.0150. The molecule has 2 amide bonds. The lowest BCUT2D eigenvalue weighted by Crippen LogP contribution is -2.63. The summed E-state index contributed by atoms with van der Waals surface area (Å²) in [5.41, 5.74) is 0.103. The number of carbonyl (C=O) groups is 2. The SMILES string of the molecule is COc1ccc(CN2C(=O)CCc3c(OC[C@]4(O)CCN(C(=O)O)C[C@H]4O[Si](C)(C)C(C)(C)C)cc(F)c(Cl)c32)cc1. The van der Waals surface area contributed by atoms with E-state index < -0.39 is 31.9 Å². The summed E-state index contributed by atoms with van der Waals surface area (Å²) in [5, 5.41) is 21.1. The Morgan fingerprint density at radius 3 is 2.48 bits per heavy atom. The van der Waals surface area contributed by atoms with E-state index in [2.05, 4.69) is 20.8 Å². The number of ether oxygens (including phenoxy) is 2. The molecule has 0 radical (unpaired) electrons. The second-order valence-electron chi connectivity index (χ2n) is 12.6. The third-order valence-corrected chi connectivity index (χ3v) is 13.6. The Hall–Kier alpha value is -2.86. The normalized spacial score (nSPS) is 21.3. The van der Waals surface area contributed by atoms with Crippen molar-refractivity contribution in [2.45, 2.75) is 76.4 Å². The van der Waals surface area contributed by atoms with Crippen molar-refractivity contribution in [2.24, 2.45) is 0 Å².